The van der Waals surface area contributed by atoms with E-state index in [1.807, 2.05) is 0 Å². The first-order valence-corrected chi connectivity index (χ1v) is 2.63. The van der Waals surface area contributed by atoms with Gasteiger partial charge in [-0.1, -0.05) is 0 Å². The molecule has 54 valence electrons. The maximum atomic E-state index is 10.6. The van der Waals surface area contributed by atoms with E-state index in [0.29, 0.717) is 0 Å². The third-order valence-electron chi connectivity index (χ3n) is 1.05. The van der Waals surface area contributed by atoms with Crippen molar-refractivity contribution in [2.24, 2.45) is 0 Å². The van der Waals surface area contributed by atoms with E-state index in [-0.39, 0.29) is 54.4 Å². The molecule has 0 aromatic carbocycles. The van der Waals surface area contributed by atoms with Gasteiger partial charge in [0.05, 0.1) is 0 Å². The zero-order chi connectivity index (χ0) is 7.56. The number of hydrogen-bond donors (Lipinski definition) is 2. The number of carbonyl (C=O) groups is 1. The molecular weight excluding hydrogens is 271 g/mol. The summed E-state index contributed by atoms with van der Waals surface area (Å²) in [6.07, 6.45) is 1.38. The van der Waals surface area contributed by atoms with Crippen LogP contribution in [0.3, 0.4) is 0 Å². The zero-order valence-electron chi connectivity index (χ0n) is 5.70. The molecule has 0 bridgehead atoms. The molecule has 0 atom stereocenters. The minimum absolute atomic E-state index is 0. The molecule has 1 rings (SSSR count). The number of carboxylic acid groups (broad SMARTS) is 1. The number of rotatable bonds is 1. The summed E-state index contributed by atoms with van der Waals surface area (Å²) in [7, 11) is 0. The van der Waals surface area contributed by atoms with E-state index in [0.717, 1.165) is 0 Å². The predicted octanol–water partition coefficient (Wildman–Crippen LogP) is -0.308. The van der Waals surface area contributed by atoms with Gasteiger partial charge in [0, 0.05) is 55.1 Å². The van der Waals surface area contributed by atoms with Gasteiger partial charge in [-0.15, -0.1) is 0 Å². The van der Waals surface area contributed by atoms with Crippen LogP contribution in [0.4, 0.5) is 0 Å². The molecule has 1 heterocycles. The SMILES string of the molecule is O=C(O)c1ccc[nH]c1=O.[Ba]. The van der Waals surface area contributed by atoms with Crippen LogP contribution in [-0.4, -0.2) is 64.9 Å². The van der Waals surface area contributed by atoms with Crippen LogP contribution in [0.1, 0.15) is 10.4 Å². The molecular formula is C6H5BaNO3. The van der Waals surface area contributed by atoms with Crippen LogP contribution in [0, 0.1) is 0 Å². The monoisotopic (exact) mass is 277 g/mol. The number of aromatic amines is 1. The Kier molecular flexibility index (Phi) is 4.78. The summed E-state index contributed by atoms with van der Waals surface area (Å²) in [5.74, 6) is -1.21. The molecule has 0 amide bonds. The topological polar surface area (TPSA) is 70.2 Å². The molecule has 0 saturated heterocycles. The standard InChI is InChI=1S/C6H5NO3.Ba/c8-5-4(6(9)10)2-1-3-7-5;/h1-3H,(H,7,8)(H,9,10);. The Labute approximate surface area is 103 Å². The molecule has 0 saturated carbocycles. The van der Waals surface area contributed by atoms with Crippen molar-refractivity contribution in [3.05, 3.63) is 34.2 Å². The van der Waals surface area contributed by atoms with Crippen molar-refractivity contribution in [1.82, 2.24) is 4.98 Å². The minimum Gasteiger partial charge on any atom is -0.477 e. The van der Waals surface area contributed by atoms with Crippen LogP contribution in [0.25, 0.3) is 0 Å². The van der Waals surface area contributed by atoms with E-state index in [4.69, 9.17) is 5.11 Å². The quantitative estimate of drug-likeness (QED) is 0.692. The fourth-order valence-electron chi connectivity index (χ4n) is 0.590. The van der Waals surface area contributed by atoms with E-state index >= 15 is 0 Å². The van der Waals surface area contributed by atoms with Crippen LogP contribution in [-0.2, 0) is 0 Å². The van der Waals surface area contributed by atoms with Gasteiger partial charge in [-0.3, -0.25) is 4.79 Å². The van der Waals surface area contributed by atoms with Crippen molar-refractivity contribution >= 4 is 54.9 Å². The first kappa shape index (κ1) is 11.0. The zero-order valence-corrected chi connectivity index (χ0v) is 10.1. The summed E-state index contributed by atoms with van der Waals surface area (Å²) < 4.78 is 0. The van der Waals surface area contributed by atoms with Gasteiger partial charge in [0.2, 0.25) is 0 Å². The van der Waals surface area contributed by atoms with Crippen molar-refractivity contribution < 1.29 is 9.90 Å². The maximum Gasteiger partial charge on any atom is 0.341 e. The van der Waals surface area contributed by atoms with Gasteiger partial charge in [0.1, 0.15) is 5.56 Å². The molecule has 11 heavy (non-hydrogen) atoms. The second-order valence-electron chi connectivity index (χ2n) is 1.72. The second kappa shape index (κ2) is 4.79. The third kappa shape index (κ3) is 2.84. The molecule has 0 fully saturated rings. The smallest absolute Gasteiger partial charge is 0.341 e. The summed E-state index contributed by atoms with van der Waals surface area (Å²) in [6, 6.07) is 2.71. The molecule has 0 unspecified atom stereocenters. The molecule has 5 heteroatoms. The molecule has 2 N–H and O–H groups in total. The van der Waals surface area contributed by atoms with Crippen LogP contribution < -0.4 is 5.56 Å². The number of carboxylic acids is 1. The van der Waals surface area contributed by atoms with Gasteiger partial charge in [0.15, 0.2) is 0 Å². The maximum absolute atomic E-state index is 10.6. The Balaban J connectivity index is 0.000001000. The Morgan fingerprint density at radius 3 is 2.55 bits per heavy atom. The largest absolute Gasteiger partial charge is 0.477 e. The number of H-pyrrole nitrogens is 1. The van der Waals surface area contributed by atoms with Crippen LogP contribution in [0.5, 0.6) is 0 Å². The van der Waals surface area contributed by atoms with E-state index in [2.05, 4.69) is 4.98 Å². The van der Waals surface area contributed by atoms with Crippen LogP contribution in [0.15, 0.2) is 23.1 Å². The fourth-order valence-corrected chi connectivity index (χ4v) is 0.590. The molecule has 1 aromatic heterocycles. The number of nitrogens with one attached hydrogen (secondary N) is 1. The summed E-state index contributed by atoms with van der Waals surface area (Å²) in [4.78, 5) is 23.1. The van der Waals surface area contributed by atoms with E-state index < -0.39 is 11.5 Å². The van der Waals surface area contributed by atoms with Gasteiger partial charge in [-0.2, -0.15) is 0 Å². The van der Waals surface area contributed by atoms with Crippen molar-refractivity contribution in [1.29, 1.82) is 0 Å². The molecule has 1 aromatic rings. The Morgan fingerprint density at radius 2 is 2.18 bits per heavy atom. The molecule has 0 aliphatic carbocycles. The van der Waals surface area contributed by atoms with Crippen LogP contribution in [0.2, 0.25) is 0 Å². The number of aromatic nitrogens is 1. The average molecular weight is 276 g/mol. The van der Waals surface area contributed by atoms with Gasteiger partial charge < -0.3 is 10.1 Å². The van der Waals surface area contributed by atoms with Gasteiger partial charge in [0.25, 0.3) is 5.56 Å². The van der Waals surface area contributed by atoms with Gasteiger partial charge in [-0.05, 0) is 12.1 Å². The predicted molar refractivity (Wildman–Crippen MR) is 39.8 cm³/mol. The number of pyridine rings is 1. The van der Waals surface area contributed by atoms with E-state index in [1.54, 1.807) is 0 Å². The van der Waals surface area contributed by atoms with Crippen LogP contribution >= 0.6 is 0 Å². The van der Waals surface area contributed by atoms with Crippen molar-refractivity contribution in [3.8, 4) is 0 Å². The average Bonchev–Trinajstić information content (AvgIpc) is 1.88. The number of hydrogen-bond acceptors (Lipinski definition) is 2. The van der Waals surface area contributed by atoms with Crippen molar-refractivity contribution in [2.75, 3.05) is 0 Å². The summed E-state index contributed by atoms with van der Waals surface area (Å²) in [6.45, 7) is 0. The normalized spacial score (nSPS) is 8.36. The second-order valence-corrected chi connectivity index (χ2v) is 1.72. The molecule has 2 radical (unpaired) electrons. The van der Waals surface area contributed by atoms with E-state index in [9.17, 15) is 9.59 Å². The minimum atomic E-state index is -1.21. The third-order valence-corrected chi connectivity index (χ3v) is 1.05. The van der Waals surface area contributed by atoms with E-state index in [1.165, 1.54) is 18.3 Å². The fraction of sp³-hybridized carbons (Fsp3) is 0. The van der Waals surface area contributed by atoms with Crippen molar-refractivity contribution in [3.63, 3.8) is 0 Å². The van der Waals surface area contributed by atoms with Gasteiger partial charge in [-0.25, -0.2) is 4.79 Å². The summed E-state index contributed by atoms with van der Waals surface area (Å²) in [5, 5.41) is 8.35. The summed E-state index contributed by atoms with van der Waals surface area (Å²) in [5.41, 5.74) is -0.808. The Morgan fingerprint density at radius 1 is 1.55 bits per heavy atom. The summed E-state index contributed by atoms with van der Waals surface area (Å²) >= 11 is 0. The Hall–Kier alpha value is -0.00857. The molecule has 4 nitrogen and oxygen atoms in total. The van der Waals surface area contributed by atoms with Crippen molar-refractivity contribution in [2.45, 2.75) is 0 Å². The first-order chi connectivity index (χ1) is 4.72. The molecule has 0 aliphatic rings. The van der Waals surface area contributed by atoms with Gasteiger partial charge >= 0.3 is 5.97 Å². The number of aromatic carboxylic acids is 1. The molecule has 0 aliphatic heterocycles. The molecule has 0 spiro atoms. The first-order valence-electron chi connectivity index (χ1n) is 2.63. The Bertz CT molecular complexity index is 307.